The van der Waals surface area contributed by atoms with Crippen molar-refractivity contribution in [1.29, 1.82) is 5.26 Å². The van der Waals surface area contributed by atoms with E-state index in [1.165, 1.54) is 7.11 Å². The average molecular weight is 283 g/mol. The fourth-order valence-corrected chi connectivity index (χ4v) is 1.64. The predicted molar refractivity (Wildman–Crippen MR) is 64.0 cm³/mol. The second-order valence-corrected chi connectivity index (χ2v) is 3.88. The summed E-state index contributed by atoms with van der Waals surface area (Å²) < 4.78 is 5.25. The number of carbonyl (C=O) groups is 1. The molecule has 4 nitrogen and oxygen atoms in total. The minimum absolute atomic E-state index is 0.272. The fraction of sp³-hybridized carbons (Fsp3) is 0.273. The fourth-order valence-electron chi connectivity index (χ4n) is 1.19. The highest BCUT2D eigenvalue weighted by atomic mass is 79.9. The number of anilines is 1. The Bertz CT molecular complexity index is 426. The van der Waals surface area contributed by atoms with Gasteiger partial charge in [0.2, 0.25) is 0 Å². The lowest BCUT2D eigenvalue weighted by Crippen LogP contribution is -2.10. The van der Waals surface area contributed by atoms with Crippen molar-refractivity contribution in [2.45, 2.75) is 6.42 Å². The molecule has 0 aliphatic heterocycles. The van der Waals surface area contributed by atoms with Crippen LogP contribution in [0.1, 0.15) is 12.0 Å². The van der Waals surface area contributed by atoms with Crippen LogP contribution in [0.3, 0.4) is 0 Å². The summed E-state index contributed by atoms with van der Waals surface area (Å²) in [5.74, 6) is -0.277. The van der Waals surface area contributed by atoms with Gasteiger partial charge in [-0.05, 0) is 28.1 Å². The van der Waals surface area contributed by atoms with E-state index in [1.807, 2.05) is 6.07 Å². The van der Waals surface area contributed by atoms with Crippen LogP contribution in [0.5, 0.6) is 0 Å². The Kier molecular flexibility index (Phi) is 4.80. The molecule has 0 amide bonds. The molecule has 0 heterocycles. The van der Waals surface area contributed by atoms with E-state index in [0.29, 0.717) is 17.8 Å². The van der Waals surface area contributed by atoms with Crippen LogP contribution in [0, 0.1) is 11.3 Å². The van der Waals surface area contributed by atoms with Crippen molar-refractivity contribution in [1.82, 2.24) is 0 Å². The summed E-state index contributed by atoms with van der Waals surface area (Å²) in [5, 5.41) is 12.0. The molecule has 0 atom stereocenters. The third-order valence-electron chi connectivity index (χ3n) is 2.00. The van der Waals surface area contributed by atoms with Gasteiger partial charge in [-0.3, -0.25) is 4.79 Å². The summed E-state index contributed by atoms with van der Waals surface area (Å²) in [6, 6.07) is 7.50. The molecule has 0 aromatic heterocycles. The molecular weight excluding hydrogens is 272 g/mol. The standard InChI is InChI=1S/C11H11BrN2O2/c1-16-11(15)5-6-14-10-4-2-3-9(12)8(10)7-13/h2-4,14H,5-6H2,1H3. The second-order valence-electron chi connectivity index (χ2n) is 3.03. The molecule has 0 aliphatic rings. The maximum absolute atomic E-state index is 10.9. The minimum atomic E-state index is -0.277. The van der Waals surface area contributed by atoms with Gasteiger partial charge < -0.3 is 10.1 Å². The Morgan fingerprint density at radius 3 is 3.00 bits per heavy atom. The van der Waals surface area contributed by atoms with Gasteiger partial charge in [0.1, 0.15) is 6.07 Å². The SMILES string of the molecule is COC(=O)CCNc1cccc(Br)c1C#N. The molecule has 84 valence electrons. The van der Waals surface area contributed by atoms with Gasteiger partial charge in [-0.15, -0.1) is 0 Å². The number of nitriles is 1. The molecule has 0 aliphatic carbocycles. The van der Waals surface area contributed by atoms with Crippen molar-refractivity contribution in [2.24, 2.45) is 0 Å². The average Bonchev–Trinajstić information content (AvgIpc) is 2.29. The van der Waals surface area contributed by atoms with E-state index in [9.17, 15) is 4.79 Å². The van der Waals surface area contributed by atoms with Crippen LogP contribution in [0.25, 0.3) is 0 Å². The molecule has 0 radical (unpaired) electrons. The van der Waals surface area contributed by atoms with Gasteiger partial charge in [0.25, 0.3) is 0 Å². The first-order valence-electron chi connectivity index (χ1n) is 4.68. The van der Waals surface area contributed by atoms with Crippen LogP contribution in [-0.4, -0.2) is 19.6 Å². The third-order valence-corrected chi connectivity index (χ3v) is 2.66. The molecule has 5 heteroatoms. The highest BCUT2D eigenvalue weighted by molar-refractivity contribution is 9.10. The number of esters is 1. The number of rotatable bonds is 4. The lowest BCUT2D eigenvalue weighted by atomic mass is 10.2. The van der Waals surface area contributed by atoms with E-state index in [4.69, 9.17) is 5.26 Å². The van der Waals surface area contributed by atoms with Crippen molar-refractivity contribution in [2.75, 3.05) is 19.0 Å². The number of carbonyl (C=O) groups excluding carboxylic acids is 1. The van der Waals surface area contributed by atoms with Gasteiger partial charge in [-0.25, -0.2) is 0 Å². The van der Waals surface area contributed by atoms with Gasteiger partial charge in [-0.2, -0.15) is 5.26 Å². The molecular formula is C11H11BrN2O2. The summed E-state index contributed by atoms with van der Waals surface area (Å²) in [6.45, 7) is 0.442. The summed E-state index contributed by atoms with van der Waals surface area (Å²) in [6.07, 6.45) is 0.272. The lowest BCUT2D eigenvalue weighted by molar-refractivity contribution is -0.140. The molecule has 1 aromatic carbocycles. The smallest absolute Gasteiger partial charge is 0.307 e. The normalized spacial score (nSPS) is 9.31. The molecule has 0 spiro atoms. The highest BCUT2D eigenvalue weighted by Gasteiger charge is 2.06. The number of halogens is 1. The van der Waals surface area contributed by atoms with Crippen molar-refractivity contribution >= 4 is 27.6 Å². The predicted octanol–water partition coefficient (Wildman–Crippen LogP) is 2.30. The summed E-state index contributed by atoms with van der Waals surface area (Å²) in [5.41, 5.74) is 1.24. The Labute approximate surface area is 102 Å². The molecule has 1 N–H and O–H groups in total. The van der Waals surface area contributed by atoms with Crippen LogP contribution in [-0.2, 0) is 9.53 Å². The summed E-state index contributed by atoms with van der Waals surface area (Å²) in [4.78, 5) is 10.9. The first-order chi connectivity index (χ1) is 7.69. The molecule has 0 fully saturated rings. The van der Waals surface area contributed by atoms with Crippen LogP contribution in [0.2, 0.25) is 0 Å². The maximum Gasteiger partial charge on any atom is 0.307 e. The third kappa shape index (κ3) is 3.24. The zero-order valence-corrected chi connectivity index (χ0v) is 10.4. The van der Waals surface area contributed by atoms with Crippen LogP contribution < -0.4 is 5.32 Å². The maximum atomic E-state index is 10.9. The number of nitrogens with one attached hydrogen (secondary N) is 1. The van der Waals surface area contributed by atoms with Crippen LogP contribution in [0.15, 0.2) is 22.7 Å². The van der Waals surface area contributed by atoms with E-state index in [1.54, 1.807) is 12.1 Å². The van der Waals surface area contributed by atoms with E-state index < -0.39 is 0 Å². The number of hydrogen-bond acceptors (Lipinski definition) is 4. The Morgan fingerprint density at radius 1 is 1.62 bits per heavy atom. The Balaban J connectivity index is 2.64. The van der Waals surface area contributed by atoms with Gasteiger partial charge in [-0.1, -0.05) is 6.07 Å². The van der Waals surface area contributed by atoms with E-state index in [0.717, 1.165) is 4.47 Å². The molecule has 0 bridgehead atoms. The molecule has 16 heavy (non-hydrogen) atoms. The largest absolute Gasteiger partial charge is 0.469 e. The van der Waals surface area contributed by atoms with E-state index in [-0.39, 0.29) is 12.4 Å². The monoisotopic (exact) mass is 282 g/mol. The molecule has 0 unspecified atom stereocenters. The first-order valence-corrected chi connectivity index (χ1v) is 5.47. The van der Waals surface area contributed by atoms with Crippen molar-refractivity contribution in [3.63, 3.8) is 0 Å². The van der Waals surface area contributed by atoms with Gasteiger partial charge in [0, 0.05) is 11.0 Å². The molecule has 0 saturated carbocycles. The second kappa shape index (κ2) is 6.13. The van der Waals surface area contributed by atoms with Crippen molar-refractivity contribution < 1.29 is 9.53 Å². The Hall–Kier alpha value is -1.54. The van der Waals surface area contributed by atoms with E-state index >= 15 is 0 Å². The van der Waals surface area contributed by atoms with Gasteiger partial charge in [0.15, 0.2) is 0 Å². The molecule has 1 rings (SSSR count). The van der Waals surface area contributed by atoms with Crippen LogP contribution in [0.4, 0.5) is 5.69 Å². The van der Waals surface area contributed by atoms with Gasteiger partial charge in [0.05, 0.1) is 24.8 Å². The molecule has 0 saturated heterocycles. The zero-order chi connectivity index (χ0) is 12.0. The zero-order valence-electron chi connectivity index (χ0n) is 8.79. The van der Waals surface area contributed by atoms with Crippen molar-refractivity contribution in [3.8, 4) is 6.07 Å². The Morgan fingerprint density at radius 2 is 2.38 bits per heavy atom. The first kappa shape index (κ1) is 12.5. The summed E-state index contributed by atoms with van der Waals surface area (Å²) >= 11 is 3.29. The van der Waals surface area contributed by atoms with Crippen molar-refractivity contribution in [3.05, 3.63) is 28.2 Å². The highest BCUT2D eigenvalue weighted by Crippen LogP contribution is 2.23. The van der Waals surface area contributed by atoms with Gasteiger partial charge >= 0.3 is 5.97 Å². The number of benzene rings is 1. The number of ether oxygens (including phenoxy) is 1. The topological polar surface area (TPSA) is 62.1 Å². The quantitative estimate of drug-likeness (QED) is 0.861. The van der Waals surface area contributed by atoms with E-state index in [2.05, 4.69) is 32.1 Å². The number of hydrogen-bond donors (Lipinski definition) is 1. The van der Waals surface area contributed by atoms with Crippen LogP contribution >= 0.6 is 15.9 Å². The number of methoxy groups -OCH3 is 1. The lowest BCUT2D eigenvalue weighted by Gasteiger charge is -2.08. The summed E-state index contributed by atoms with van der Waals surface area (Å²) in [7, 11) is 1.35. The molecule has 1 aromatic rings. The number of nitrogens with zero attached hydrogens (tertiary/aromatic N) is 1. The minimum Gasteiger partial charge on any atom is -0.469 e.